The highest BCUT2D eigenvalue weighted by Crippen LogP contribution is 2.36. The zero-order valence-corrected chi connectivity index (χ0v) is 10.5. The molecule has 15 heavy (non-hydrogen) atoms. The van der Waals surface area contributed by atoms with Crippen LogP contribution in [-0.2, 0) is 9.59 Å². The van der Waals surface area contributed by atoms with Crippen LogP contribution in [-0.4, -0.2) is 16.9 Å². The molecule has 88 valence electrons. The second-order valence-corrected chi connectivity index (χ2v) is 6.35. The highest BCUT2D eigenvalue weighted by molar-refractivity contribution is 6.33. The zero-order valence-electron chi connectivity index (χ0n) is 10.5. The summed E-state index contributed by atoms with van der Waals surface area (Å²) in [5.41, 5.74) is -0.341. The van der Waals surface area contributed by atoms with Crippen molar-refractivity contribution in [2.45, 2.75) is 48.0 Å². The predicted octanol–water partition coefficient (Wildman–Crippen LogP) is 2.74. The van der Waals surface area contributed by atoms with Gasteiger partial charge in [-0.15, -0.1) is 0 Å². The van der Waals surface area contributed by atoms with Crippen LogP contribution in [0.3, 0.4) is 0 Å². The van der Waals surface area contributed by atoms with Crippen molar-refractivity contribution in [3.8, 4) is 0 Å². The minimum absolute atomic E-state index is 0.0386. The predicted molar refractivity (Wildman–Crippen MR) is 59.7 cm³/mol. The molecule has 0 amide bonds. The van der Waals surface area contributed by atoms with Crippen LogP contribution in [0, 0.1) is 16.7 Å². The Kier molecular flexibility index (Phi) is 4.08. The topological polar surface area (TPSA) is 54.4 Å². The monoisotopic (exact) mass is 214 g/mol. The van der Waals surface area contributed by atoms with Gasteiger partial charge in [0.15, 0.2) is 0 Å². The van der Waals surface area contributed by atoms with Crippen molar-refractivity contribution < 1.29 is 14.7 Å². The molecule has 3 heteroatoms. The normalized spacial score (nSPS) is 14.8. The molecule has 0 aliphatic rings. The van der Waals surface area contributed by atoms with Crippen LogP contribution in [0.5, 0.6) is 0 Å². The third-order valence-electron chi connectivity index (χ3n) is 2.39. The van der Waals surface area contributed by atoms with E-state index in [2.05, 4.69) is 0 Å². The Hall–Kier alpha value is -0.860. The van der Waals surface area contributed by atoms with Gasteiger partial charge in [0.25, 0.3) is 0 Å². The summed E-state index contributed by atoms with van der Waals surface area (Å²) < 4.78 is 0. The first-order valence-electron chi connectivity index (χ1n) is 5.22. The Bertz CT molecular complexity index is 253. The van der Waals surface area contributed by atoms with Crippen molar-refractivity contribution in [3.05, 3.63) is 0 Å². The van der Waals surface area contributed by atoms with E-state index >= 15 is 0 Å². The lowest BCUT2D eigenvalue weighted by atomic mass is 9.70. The molecule has 0 saturated heterocycles. The van der Waals surface area contributed by atoms with Crippen LogP contribution < -0.4 is 0 Å². The van der Waals surface area contributed by atoms with Gasteiger partial charge < -0.3 is 5.11 Å². The lowest BCUT2D eigenvalue weighted by Gasteiger charge is -2.33. The molecule has 0 aromatic heterocycles. The van der Waals surface area contributed by atoms with E-state index in [-0.39, 0.29) is 10.8 Å². The molecule has 1 unspecified atom stereocenters. The van der Waals surface area contributed by atoms with E-state index in [0.717, 1.165) is 0 Å². The summed E-state index contributed by atoms with van der Waals surface area (Å²) in [4.78, 5) is 22.3. The Morgan fingerprint density at radius 1 is 1.07 bits per heavy atom. The number of carboxylic acid groups (broad SMARTS) is 1. The number of carboxylic acids is 1. The maximum Gasteiger partial charge on any atom is 0.372 e. The molecule has 0 rings (SSSR count). The van der Waals surface area contributed by atoms with Crippen molar-refractivity contribution in [1.82, 2.24) is 0 Å². The molecule has 1 N–H and O–H groups in total. The van der Waals surface area contributed by atoms with Crippen LogP contribution in [0.1, 0.15) is 48.0 Å². The molecule has 0 radical (unpaired) electrons. The van der Waals surface area contributed by atoms with Crippen molar-refractivity contribution in [2.75, 3.05) is 0 Å². The van der Waals surface area contributed by atoms with Crippen LogP contribution in [0.4, 0.5) is 0 Å². The molecule has 0 spiro atoms. The third-order valence-corrected chi connectivity index (χ3v) is 2.39. The fourth-order valence-corrected chi connectivity index (χ4v) is 1.55. The van der Waals surface area contributed by atoms with Gasteiger partial charge in [-0.1, -0.05) is 41.5 Å². The summed E-state index contributed by atoms with van der Waals surface area (Å²) >= 11 is 0. The summed E-state index contributed by atoms with van der Waals surface area (Å²) in [6.07, 6.45) is 0.599. The lowest BCUT2D eigenvalue weighted by molar-refractivity contribution is -0.153. The average Bonchev–Trinajstić information content (AvgIpc) is 1.94. The first-order valence-corrected chi connectivity index (χ1v) is 5.22. The molecule has 0 aromatic rings. The Morgan fingerprint density at radius 3 is 1.67 bits per heavy atom. The van der Waals surface area contributed by atoms with E-state index in [4.69, 9.17) is 5.11 Å². The average molecular weight is 214 g/mol. The highest BCUT2D eigenvalue weighted by atomic mass is 16.4. The van der Waals surface area contributed by atoms with Gasteiger partial charge in [0, 0.05) is 5.92 Å². The molecule has 0 fully saturated rings. The molecule has 0 heterocycles. The SMILES string of the molecule is CC(C)(C)CC(C(=O)C(=O)O)C(C)(C)C. The second-order valence-electron chi connectivity index (χ2n) is 6.35. The Labute approximate surface area is 91.9 Å². The standard InChI is InChI=1S/C12H22O3/c1-11(2,3)7-8(12(4,5)6)9(13)10(14)15/h8H,7H2,1-6H3,(H,14,15). The summed E-state index contributed by atoms with van der Waals surface area (Å²) in [7, 11) is 0. The summed E-state index contributed by atoms with van der Waals surface area (Å²) in [6, 6.07) is 0. The van der Waals surface area contributed by atoms with E-state index in [0.29, 0.717) is 6.42 Å². The minimum atomic E-state index is -1.32. The van der Waals surface area contributed by atoms with Crippen molar-refractivity contribution >= 4 is 11.8 Å². The van der Waals surface area contributed by atoms with Crippen molar-refractivity contribution in [2.24, 2.45) is 16.7 Å². The number of ketones is 1. The molecule has 0 aromatic carbocycles. The van der Waals surface area contributed by atoms with Gasteiger partial charge in [-0.3, -0.25) is 4.79 Å². The first-order chi connectivity index (χ1) is 6.45. The number of carbonyl (C=O) groups is 2. The molecular formula is C12H22O3. The summed E-state index contributed by atoms with van der Waals surface area (Å²) in [5.74, 6) is -2.41. The second kappa shape index (κ2) is 4.33. The van der Waals surface area contributed by atoms with Gasteiger partial charge >= 0.3 is 5.97 Å². The van der Waals surface area contributed by atoms with E-state index in [1.165, 1.54) is 0 Å². The number of Topliss-reactive ketones (excluding diaryl/α,β-unsaturated/α-hetero) is 1. The number of hydrogen-bond acceptors (Lipinski definition) is 2. The number of rotatable bonds is 3. The van der Waals surface area contributed by atoms with Gasteiger partial charge in [-0.2, -0.15) is 0 Å². The number of aliphatic carboxylic acids is 1. The van der Waals surface area contributed by atoms with Crippen LogP contribution >= 0.6 is 0 Å². The lowest BCUT2D eigenvalue weighted by Crippen LogP contribution is -2.36. The van der Waals surface area contributed by atoms with E-state index in [1.807, 2.05) is 41.5 Å². The van der Waals surface area contributed by atoms with Crippen LogP contribution in [0.15, 0.2) is 0 Å². The van der Waals surface area contributed by atoms with Gasteiger partial charge in [-0.25, -0.2) is 4.79 Å². The van der Waals surface area contributed by atoms with Crippen molar-refractivity contribution in [1.29, 1.82) is 0 Å². The summed E-state index contributed by atoms with van der Waals surface area (Å²) in [5, 5.41) is 8.76. The third kappa shape index (κ3) is 4.96. The molecule has 1 atom stereocenters. The molecule has 3 nitrogen and oxygen atoms in total. The quantitative estimate of drug-likeness (QED) is 0.735. The fraction of sp³-hybridized carbons (Fsp3) is 0.833. The molecule has 0 aliphatic carbocycles. The van der Waals surface area contributed by atoms with Gasteiger partial charge in [-0.05, 0) is 17.3 Å². The Morgan fingerprint density at radius 2 is 1.47 bits per heavy atom. The van der Waals surface area contributed by atoms with E-state index < -0.39 is 17.7 Å². The first kappa shape index (κ1) is 14.1. The van der Waals surface area contributed by atoms with Gasteiger partial charge in [0.1, 0.15) is 0 Å². The van der Waals surface area contributed by atoms with E-state index in [9.17, 15) is 9.59 Å². The smallest absolute Gasteiger partial charge is 0.372 e. The van der Waals surface area contributed by atoms with Gasteiger partial charge in [0.2, 0.25) is 5.78 Å². The highest BCUT2D eigenvalue weighted by Gasteiger charge is 2.37. The van der Waals surface area contributed by atoms with Crippen molar-refractivity contribution in [3.63, 3.8) is 0 Å². The molecule has 0 aliphatic heterocycles. The number of hydrogen-bond donors (Lipinski definition) is 1. The molecule has 0 bridgehead atoms. The molecular weight excluding hydrogens is 192 g/mol. The number of carbonyl (C=O) groups excluding carboxylic acids is 1. The summed E-state index contributed by atoms with van der Waals surface area (Å²) in [6.45, 7) is 11.8. The maximum absolute atomic E-state index is 11.6. The zero-order chi connectivity index (χ0) is 12.4. The van der Waals surface area contributed by atoms with Gasteiger partial charge in [0.05, 0.1) is 0 Å². The minimum Gasteiger partial charge on any atom is -0.475 e. The molecule has 0 saturated carbocycles. The van der Waals surface area contributed by atoms with Crippen LogP contribution in [0.2, 0.25) is 0 Å². The van der Waals surface area contributed by atoms with E-state index in [1.54, 1.807) is 0 Å². The maximum atomic E-state index is 11.6. The Balaban J connectivity index is 4.92. The fourth-order valence-electron chi connectivity index (χ4n) is 1.55. The van der Waals surface area contributed by atoms with Crippen LogP contribution in [0.25, 0.3) is 0 Å². The largest absolute Gasteiger partial charge is 0.475 e.